The average molecular weight is 345 g/mol. The summed E-state index contributed by atoms with van der Waals surface area (Å²) in [5, 5.41) is 4.98. The standard InChI is InChI=1S/C15H24N2O3S2/c1-12(15(18)16-7-5-14-4-3-8-21-14)17(2)10-13-6-9-22(19,20)11-13/h3-4,8,12-13H,5-7,9-11H2,1-2H3,(H,16,18)/t12-,13+/m0/s1. The first-order valence-electron chi connectivity index (χ1n) is 7.58. The van der Waals surface area contributed by atoms with Gasteiger partial charge in [0.2, 0.25) is 5.91 Å². The zero-order valence-electron chi connectivity index (χ0n) is 13.1. The Morgan fingerprint density at radius 2 is 2.32 bits per heavy atom. The normalized spacial score (nSPS) is 21.9. The van der Waals surface area contributed by atoms with Crippen molar-refractivity contribution < 1.29 is 13.2 Å². The summed E-state index contributed by atoms with van der Waals surface area (Å²) >= 11 is 1.69. The van der Waals surface area contributed by atoms with E-state index in [4.69, 9.17) is 0 Å². The van der Waals surface area contributed by atoms with Crippen LogP contribution < -0.4 is 5.32 Å². The smallest absolute Gasteiger partial charge is 0.237 e. The van der Waals surface area contributed by atoms with Crippen LogP contribution in [0.4, 0.5) is 0 Å². The Balaban J connectivity index is 1.72. The van der Waals surface area contributed by atoms with Crippen molar-refractivity contribution in [3.05, 3.63) is 22.4 Å². The molecule has 1 aliphatic rings. The van der Waals surface area contributed by atoms with E-state index in [0.29, 0.717) is 19.5 Å². The lowest BCUT2D eigenvalue weighted by molar-refractivity contribution is -0.125. The number of carbonyl (C=O) groups is 1. The van der Waals surface area contributed by atoms with Crippen molar-refractivity contribution in [3.63, 3.8) is 0 Å². The molecular weight excluding hydrogens is 320 g/mol. The summed E-state index contributed by atoms with van der Waals surface area (Å²) in [6.07, 6.45) is 1.56. The Labute approximate surface area is 136 Å². The molecule has 1 aromatic heterocycles. The third-order valence-electron chi connectivity index (χ3n) is 4.16. The van der Waals surface area contributed by atoms with Crippen molar-refractivity contribution in [2.45, 2.75) is 25.8 Å². The van der Waals surface area contributed by atoms with Crippen LogP contribution in [-0.4, -0.2) is 56.9 Å². The van der Waals surface area contributed by atoms with Crippen LogP contribution in [0.3, 0.4) is 0 Å². The minimum absolute atomic E-state index is 0.0000831. The Hall–Kier alpha value is -0.920. The molecule has 124 valence electrons. The van der Waals surface area contributed by atoms with Gasteiger partial charge in [0.05, 0.1) is 17.5 Å². The lowest BCUT2D eigenvalue weighted by Crippen LogP contribution is -2.45. The molecule has 2 heterocycles. The fourth-order valence-corrected chi connectivity index (χ4v) is 5.25. The number of sulfone groups is 1. The second kappa shape index (κ2) is 7.57. The van der Waals surface area contributed by atoms with Crippen LogP contribution in [-0.2, 0) is 21.1 Å². The number of hydrogen-bond acceptors (Lipinski definition) is 5. The highest BCUT2D eigenvalue weighted by molar-refractivity contribution is 7.91. The molecule has 5 nitrogen and oxygen atoms in total. The van der Waals surface area contributed by atoms with Crippen LogP contribution in [0.2, 0.25) is 0 Å². The van der Waals surface area contributed by atoms with E-state index in [0.717, 1.165) is 6.42 Å². The van der Waals surface area contributed by atoms with Crippen LogP contribution >= 0.6 is 11.3 Å². The van der Waals surface area contributed by atoms with Crippen molar-refractivity contribution in [1.82, 2.24) is 10.2 Å². The van der Waals surface area contributed by atoms with Gasteiger partial charge in [0, 0.05) is 18.0 Å². The maximum absolute atomic E-state index is 12.1. The van der Waals surface area contributed by atoms with Gasteiger partial charge in [0.1, 0.15) is 0 Å². The van der Waals surface area contributed by atoms with Gasteiger partial charge in [0.15, 0.2) is 9.84 Å². The summed E-state index contributed by atoms with van der Waals surface area (Å²) in [5.74, 6) is 0.688. The van der Waals surface area contributed by atoms with Crippen LogP contribution in [0, 0.1) is 5.92 Å². The molecule has 1 aliphatic heterocycles. The van der Waals surface area contributed by atoms with Gasteiger partial charge < -0.3 is 5.32 Å². The molecule has 1 aromatic rings. The second-order valence-electron chi connectivity index (χ2n) is 6.01. The van der Waals surface area contributed by atoms with E-state index in [2.05, 4.69) is 11.4 Å². The lowest BCUT2D eigenvalue weighted by atomic mass is 10.1. The van der Waals surface area contributed by atoms with Crippen LogP contribution in [0.1, 0.15) is 18.2 Å². The number of hydrogen-bond donors (Lipinski definition) is 1. The van der Waals surface area contributed by atoms with Crippen LogP contribution in [0.15, 0.2) is 17.5 Å². The Bertz CT molecular complexity index is 584. The first-order valence-corrected chi connectivity index (χ1v) is 10.3. The predicted octanol–water partition coefficient (Wildman–Crippen LogP) is 1.16. The summed E-state index contributed by atoms with van der Waals surface area (Å²) in [5.41, 5.74) is 0. The van der Waals surface area contributed by atoms with Gasteiger partial charge >= 0.3 is 0 Å². The van der Waals surface area contributed by atoms with E-state index in [-0.39, 0.29) is 29.4 Å². The van der Waals surface area contributed by atoms with E-state index in [9.17, 15) is 13.2 Å². The fraction of sp³-hybridized carbons (Fsp3) is 0.667. The molecule has 0 aromatic carbocycles. The quantitative estimate of drug-likeness (QED) is 0.806. The highest BCUT2D eigenvalue weighted by Gasteiger charge is 2.30. The van der Waals surface area contributed by atoms with Crippen molar-refractivity contribution in [3.8, 4) is 0 Å². The molecule has 7 heteroatoms. The molecule has 0 aliphatic carbocycles. The molecule has 2 rings (SSSR count). The molecule has 1 N–H and O–H groups in total. The summed E-state index contributed by atoms with van der Waals surface area (Å²) in [6.45, 7) is 3.15. The summed E-state index contributed by atoms with van der Waals surface area (Å²) in [6, 6.07) is 3.83. The number of rotatable bonds is 7. The number of thiophene rings is 1. The predicted molar refractivity (Wildman–Crippen MR) is 89.9 cm³/mol. The number of carbonyl (C=O) groups excluding carboxylic acids is 1. The molecule has 0 unspecified atom stereocenters. The van der Waals surface area contributed by atoms with Gasteiger partial charge in [-0.15, -0.1) is 11.3 Å². The van der Waals surface area contributed by atoms with Crippen LogP contribution in [0.25, 0.3) is 0 Å². The molecule has 2 atom stereocenters. The maximum Gasteiger partial charge on any atom is 0.237 e. The van der Waals surface area contributed by atoms with Crippen molar-refractivity contribution in [2.24, 2.45) is 5.92 Å². The second-order valence-corrected chi connectivity index (χ2v) is 9.27. The average Bonchev–Trinajstić information content (AvgIpc) is 3.07. The Kier molecular flexibility index (Phi) is 6.00. The molecule has 0 saturated carbocycles. The van der Waals surface area contributed by atoms with E-state index in [1.54, 1.807) is 11.3 Å². The molecule has 1 fully saturated rings. The summed E-state index contributed by atoms with van der Waals surface area (Å²) < 4.78 is 23.0. The molecule has 1 amide bonds. The largest absolute Gasteiger partial charge is 0.354 e. The molecule has 0 radical (unpaired) electrons. The number of nitrogens with one attached hydrogen (secondary N) is 1. The molecule has 0 bridgehead atoms. The van der Waals surface area contributed by atoms with Crippen molar-refractivity contribution in [1.29, 1.82) is 0 Å². The van der Waals surface area contributed by atoms with E-state index in [1.807, 2.05) is 30.3 Å². The Morgan fingerprint density at radius 1 is 1.55 bits per heavy atom. The minimum Gasteiger partial charge on any atom is -0.354 e. The third-order valence-corrected chi connectivity index (χ3v) is 6.94. The fourth-order valence-electron chi connectivity index (χ4n) is 2.69. The van der Waals surface area contributed by atoms with Crippen LogP contribution in [0.5, 0.6) is 0 Å². The SMILES string of the molecule is C[C@@H](C(=O)NCCc1cccs1)N(C)C[C@H]1CCS(=O)(=O)C1. The van der Waals surface area contributed by atoms with Crippen molar-refractivity contribution in [2.75, 3.05) is 31.6 Å². The summed E-state index contributed by atoms with van der Waals surface area (Å²) in [7, 11) is -0.969. The first kappa shape index (κ1) is 17.4. The van der Waals surface area contributed by atoms with Gasteiger partial charge in [-0.05, 0) is 44.2 Å². The zero-order valence-corrected chi connectivity index (χ0v) is 14.8. The van der Waals surface area contributed by atoms with Gasteiger partial charge in [-0.3, -0.25) is 9.69 Å². The van der Waals surface area contributed by atoms with Gasteiger partial charge in [-0.25, -0.2) is 8.42 Å². The molecule has 0 spiro atoms. The van der Waals surface area contributed by atoms with Gasteiger partial charge in [-0.1, -0.05) is 6.07 Å². The number of likely N-dealkylation sites (N-methyl/N-ethyl adjacent to an activating group) is 1. The highest BCUT2D eigenvalue weighted by atomic mass is 32.2. The number of nitrogens with zero attached hydrogens (tertiary/aromatic N) is 1. The number of amides is 1. The zero-order chi connectivity index (χ0) is 16.2. The monoisotopic (exact) mass is 344 g/mol. The molecule has 1 saturated heterocycles. The molecular formula is C15H24N2O3S2. The lowest BCUT2D eigenvalue weighted by Gasteiger charge is -2.26. The van der Waals surface area contributed by atoms with E-state index in [1.165, 1.54) is 4.88 Å². The maximum atomic E-state index is 12.1. The highest BCUT2D eigenvalue weighted by Crippen LogP contribution is 2.19. The summed E-state index contributed by atoms with van der Waals surface area (Å²) in [4.78, 5) is 15.4. The molecule has 22 heavy (non-hydrogen) atoms. The van der Waals surface area contributed by atoms with Crippen molar-refractivity contribution >= 4 is 27.1 Å². The first-order chi connectivity index (χ1) is 10.4. The van der Waals surface area contributed by atoms with E-state index < -0.39 is 9.84 Å². The minimum atomic E-state index is -2.85. The third kappa shape index (κ3) is 5.07. The van der Waals surface area contributed by atoms with Gasteiger partial charge in [0.25, 0.3) is 0 Å². The van der Waals surface area contributed by atoms with E-state index >= 15 is 0 Å². The topological polar surface area (TPSA) is 66.5 Å². The van der Waals surface area contributed by atoms with Gasteiger partial charge in [-0.2, -0.15) is 0 Å². The Morgan fingerprint density at radius 3 is 2.91 bits per heavy atom.